The molecule has 0 aromatic heterocycles. The van der Waals surface area contributed by atoms with E-state index in [1.165, 1.54) is 0 Å². The molecular weight excluding hydrogens is 300 g/mol. The Labute approximate surface area is 143 Å². The van der Waals surface area contributed by atoms with Crippen LogP contribution in [0.5, 0.6) is 0 Å². The molecule has 0 saturated carbocycles. The van der Waals surface area contributed by atoms with E-state index >= 15 is 0 Å². The lowest BCUT2D eigenvalue weighted by Gasteiger charge is -2.35. The van der Waals surface area contributed by atoms with Crippen LogP contribution in [0.3, 0.4) is 0 Å². The fourth-order valence-electron chi connectivity index (χ4n) is 2.96. The minimum atomic E-state index is -0.111. The molecule has 0 unspecified atom stereocenters. The van der Waals surface area contributed by atoms with Crippen molar-refractivity contribution in [3.8, 4) is 0 Å². The first kappa shape index (κ1) is 16.3. The number of rotatable bonds is 3. The highest BCUT2D eigenvalue weighted by Gasteiger charge is 2.18. The third-order valence-electron chi connectivity index (χ3n) is 4.39. The first-order chi connectivity index (χ1) is 11.5. The topological polar surface area (TPSA) is 61.6 Å². The van der Waals surface area contributed by atoms with Crippen molar-refractivity contribution in [2.45, 2.75) is 6.92 Å². The summed E-state index contributed by atoms with van der Waals surface area (Å²) in [5, 5.41) is 3.03. The van der Waals surface area contributed by atoms with E-state index in [-0.39, 0.29) is 5.91 Å². The van der Waals surface area contributed by atoms with Gasteiger partial charge >= 0.3 is 0 Å². The molecule has 1 aliphatic rings. The molecule has 5 nitrogen and oxygen atoms in total. The Hall–Kier alpha value is -2.53. The Morgan fingerprint density at radius 1 is 1.08 bits per heavy atom. The third-order valence-corrected chi connectivity index (χ3v) is 4.39. The van der Waals surface area contributed by atoms with Crippen molar-refractivity contribution >= 4 is 23.0 Å². The lowest BCUT2D eigenvalue weighted by atomic mass is 10.1. The van der Waals surface area contributed by atoms with Crippen molar-refractivity contribution in [1.82, 2.24) is 4.90 Å². The fourth-order valence-corrected chi connectivity index (χ4v) is 2.96. The largest absolute Gasteiger partial charge is 0.399 e. The summed E-state index contributed by atoms with van der Waals surface area (Å²) >= 11 is 0. The molecule has 1 amide bonds. The highest BCUT2D eigenvalue weighted by atomic mass is 16.1. The van der Waals surface area contributed by atoms with E-state index in [2.05, 4.69) is 22.2 Å². The van der Waals surface area contributed by atoms with Gasteiger partial charge in [-0.2, -0.15) is 0 Å². The fraction of sp³-hybridized carbons (Fsp3) is 0.316. The van der Waals surface area contributed by atoms with E-state index in [0.717, 1.165) is 43.1 Å². The van der Waals surface area contributed by atoms with Crippen LogP contribution < -0.4 is 16.0 Å². The van der Waals surface area contributed by atoms with Crippen LogP contribution in [0.1, 0.15) is 15.9 Å². The lowest BCUT2D eigenvalue weighted by molar-refractivity contribution is 0.102. The van der Waals surface area contributed by atoms with E-state index in [9.17, 15) is 4.79 Å². The lowest BCUT2D eigenvalue weighted by Crippen LogP contribution is -2.44. The van der Waals surface area contributed by atoms with Crippen LogP contribution in [0.25, 0.3) is 0 Å². The maximum atomic E-state index is 12.6. The number of nitrogen functional groups attached to an aromatic ring is 1. The molecule has 1 heterocycles. The predicted molar refractivity (Wildman–Crippen MR) is 99.7 cm³/mol. The van der Waals surface area contributed by atoms with Crippen LogP contribution in [0, 0.1) is 6.92 Å². The van der Waals surface area contributed by atoms with E-state index in [4.69, 9.17) is 5.73 Å². The molecule has 2 aromatic carbocycles. The Morgan fingerprint density at radius 3 is 2.54 bits per heavy atom. The quantitative estimate of drug-likeness (QED) is 0.852. The molecule has 1 aliphatic heterocycles. The van der Waals surface area contributed by atoms with Gasteiger partial charge in [0.05, 0.1) is 11.4 Å². The van der Waals surface area contributed by atoms with Gasteiger partial charge in [-0.1, -0.05) is 17.7 Å². The van der Waals surface area contributed by atoms with Crippen molar-refractivity contribution in [2.24, 2.45) is 0 Å². The maximum Gasteiger partial charge on any atom is 0.255 e. The number of nitrogens with one attached hydrogen (secondary N) is 1. The minimum Gasteiger partial charge on any atom is -0.399 e. The smallest absolute Gasteiger partial charge is 0.255 e. The summed E-state index contributed by atoms with van der Waals surface area (Å²) < 4.78 is 0. The monoisotopic (exact) mass is 324 g/mol. The van der Waals surface area contributed by atoms with Gasteiger partial charge in [-0.3, -0.25) is 4.79 Å². The SMILES string of the molecule is Cc1cccc(C(=O)Nc2cc(N)ccc2N2CCN(C)CC2)c1. The molecule has 3 N–H and O–H groups in total. The van der Waals surface area contributed by atoms with Crippen LogP contribution in [-0.4, -0.2) is 44.0 Å². The van der Waals surface area contributed by atoms with Gasteiger partial charge in [0.1, 0.15) is 0 Å². The van der Waals surface area contributed by atoms with Crippen molar-refractivity contribution in [3.63, 3.8) is 0 Å². The molecule has 0 atom stereocenters. The Kier molecular flexibility index (Phi) is 4.71. The van der Waals surface area contributed by atoms with Gasteiger partial charge in [-0.05, 0) is 44.3 Å². The zero-order valence-electron chi connectivity index (χ0n) is 14.2. The molecular formula is C19H24N4O. The number of hydrogen-bond acceptors (Lipinski definition) is 4. The average Bonchev–Trinajstić information content (AvgIpc) is 2.56. The molecule has 2 aromatic rings. The number of benzene rings is 2. The number of anilines is 3. The van der Waals surface area contributed by atoms with Gasteiger partial charge < -0.3 is 20.9 Å². The summed E-state index contributed by atoms with van der Waals surface area (Å²) in [6, 6.07) is 13.3. The normalized spacial score (nSPS) is 15.3. The molecule has 0 spiro atoms. The molecule has 24 heavy (non-hydrogen) atoms. The summed E-state index contributed by atoms with van der Waals surface area (Å²) in [5.74, 6) is -0.111. The van der Waals surface area contributed by atoms with Crippen molar-refractivity contribution in [3.05, 3.63) is 53.6 Å². The summed E-state index contributed by atoms with van der Waals surface area (Å²) in [7, 11) is 2.13. The second-order valence-electron chi connectivity index (χ2n) is 6.39. The second kappa shape index (κ2) is 6.93. The molecule has 3 rings (SSSR count). The zero-order valence-corrected chi connectivity index (χ0v) is 14.2. The summed E-state index contributed by atoms with van der Waals surface area (Å²) in [6.45, 7) is 5.87. The molecule has 5 heteroatoms. The number of aryl methyl sites for hydroxylation is 1. The Bertz CT molecular complexity index is 736. The van der Waals surface area contributed by atoms with E-state index in [0.29, 0.717) is 11.3 Å². The predicted octanol–water partition coefficient (Wildman–Crippen LogP) is 2.58. The van der Waals surface area contributed by atoms with Crippen LogP contribution in [0.4, 0.5) is 17.1 Å². The van der Waals surface area contributed by atoms with E-state index in [1.807, 2.05) is 49.4 Å². The van der Waals surface area contributed by atoms with Gasteiger partial charge in [0.15, 0.2) is 0 Å². The number of nitrogens with two attached hydrogens (primary N) is 1. The van der Waals surface area contributed by atoms with Crippen LogP contribution in [0.2, 0.25) is 0 Å². The standard InChI is InChI=1S/C19H24N4O/c1-14-4-3-5-15(12-14)19(24)21-17-13-16(20)6-7-18(17)23-10-8-22(2)9-11-23/h3-7,12-13H,8-11,20H2,1-2H3,(H,21,24). The third kappa shape index (κ3) is 3.68. The Morgan fingerprint density at radius 2 is 1.83 bits per heavy atom. The molecule has 126 valence electrons. The second-order valence-corrected chi connectivity index (χ2v) is 6.39. The summed E-state index contributed by atoms with van der Waals surface area (Å²) in [4.78, 5) is 17.2. The minimum absolute atomic E-state index is 0.111. The highest BCUT2D eigenvalue weighted by molar-refractivity contribution is 6.06. The van der Waals surface area contributed by atoms with Gasteiger partial charge in [0.2, 0.25) is 0 Å². The number of carbonyl (C=O) groups excluding carboxylic acids is 1. The van der Waals surface area contributed by atoms with E-state index in [1.54, 1.807) is 0 Å². The highest BCUT2D eigenvalue weighted by Crippen LogP contribution is 2.29. The molecule has 1 fully saturated rings. The average molecular weight is 324 g/mol. The number of piperazine rings is 1. The molecule has 1 saturated heterocycles. The first-order valence-electron chi connectivity index (χ1n) is 8.24. The number of nitrogens with zero attached hydrogens (tertiary/aromatic N) is 2. The molecule has 0 radical (unpaired) electrons. The van der Waals surface area contributed by atoms with Crippen LogP contribution >= 0.6 is 0 Å². The van der Waals surface area contributed by atoms with Crippen LogP contribution in [-0.2, 0) is 0 Å². The maximum absolute atomic E-state index is 12.6. The number of carbonyl (C=O) groups is 1. The Balaban J connectivity index is 1.84. The van der Waals surface area contributed by atoms with Gasteiger partial charge in [-0.15, -0.1) is 0 Å². The molecule has 0 aliphatic carbocycles. The van der Waals surface area contributed by atoms with E-state index < -0.39 is 0 Å². The number of likely N-dealkylation sites (N-methyl/N-ethyl adjacent to an activating group) is 1. The summed E-state index contributed by atoms with van der Waals surface area (Å²) in [6.07, 6.45) is 0. The summed E-state index contributed by atoms with van der Waals surface area (Å²) in [5.41, 5.74) is 10.1. The van der Waals surface area contributed by atoms with Crippen molar-refractivity contribution < 1.29 is 4.79 Å². The number of amides is 1. The van der Waals surface area contributed by atoms with Gasteiger partial charge in [0, 0.05) is 37.4 Å². The zero-order chi connectivity index (χ0) is 17.1. The van der Waals surface area contributed by atoms with Crippen LogP contribution in [0.15, 0.2) is 42.5 Å². The van der Waals surface area contributed by atoms with Crippen molar-refractivity contribution in [2.75, 3.05) is 49.2 Å². The van der Waals surface area contributed by atoms with Gasteiger partial charge in [-0.25, -0.2) is 0 Å². The first-order valence-corrected chi connectivity index (χ1v) is 8.24. The number of hydrogen-bond donors (Lipinski definition) is 2. The molecule has 0 bridgehead atoms. The van der Waals surface area contributed by atoms with Gasteiger partial charge in [0.25, 0.3) is 5.91 Å². The van der Waals surface area contributed by atoms with Crippen molar-refractivity contribution in [1.29, 1.82) is 0 Å².